The van der Waals surface area contributed by atoms with Gasteiger partial charge in [-0.1, -0.05) is 6.42 Å². The van der Waals surface area contributed by atoms with Crippen molar-refractivity contribution in [3.8, 4) is 0 Å². The van der Waals surface area contributed by atoms with E-state index in [1.165, 1.54) is 25.8 Å². The van der Waals surface area contributed by atoms with E-state index >= 15 is 0 Å². The second kappa shape index (κ2) is 7.61. The first-order chi connectivity index (χ1) is 10.1. The van der Waals surface area contributed by atoms with Gasteiger partial charge in [-0.15, -0.1) is 0 Å². The molecule has 0 bridgehead atoms. The van der Waals surface area contributed by atoms with Crippen molar-refractivity contribution in [2.75, 3.05) is 19.6 Å². The molecule has 1 unspecified atom stereocenters. The molecule has 1 fully saturated rings. The number of hydrogen-bond donors (Lipinski definition) is 2. The number of carbonyl (C=O) groups is 1. The van der Waals surface area contributed by atoms with E-state index in [9.17, 15) is 4.79 Å². The van der Waals surface area contributed by atoms with Gasteiger partial charge in [-0.3, -0.25) is 0 Å². The molecule has 2 rings (SSSR count). The smallest absolute Gasteiger partial charge is 0.339 e. The van der Waals surface area contributed by atoms with E-state index in [1.54, 1.807) is 13.0 Å². The summed E-state index contributed by atoms with van der Waals surface area (Å²) in [6.07, 6.45) is 5.11. The molecule has 1 aliphatic heterocycles. The molecule has 0 aliphatic carbocycles. The van der Waals surface area contributed by atoms with Crippen LogP contribution in [0.15, 0.2) is 10.5 Å². The molecule has 5 nitrogen and oxygen atoms in total. The molecule has 2 heterocycles. The predicted octanol–water partition coefficient (Wildman–Crippen LogP) is 2.64. The number of piperidine rings is 1. The fourth-order valence-electron chi connectivity index (χ4n) is 2.95. The molecule has 21 heavy (non-hydrogen) atoms. The first kappa shape index (κ1) is 16.0. The normalized spacial score (nSPS) is 19.8. The summed E-state index contributed by atoms with van der Waals surface area (Å²) in [6, 6.07) is 2.32. The van der Waals surface area contributed by atoms with E-state index in [0.29, 0.717) is 24.1 Å². The molecule has 0 saturated carbocycles. The Kier molecular flexibility index (Phi) is 5.82. The van der Waals surface area contributed by atoms with Gasteiger partial charge in [0.15, 0.2) is 0 Å². The van der Waals surface area contributed by atoms with E-state index < -0.39 is 5.97 Å². The van der Waals surface area contributed by atoms with Crippen LogP contribution in [-0.4, -0.2) is 41.7 Å². The number of aryl methyl sites for hydroxylation is 1. The Labute approximate surface area is 126 Å². The highest BCUT2D eigenvalue weighted by Gasteiger charge is 2.17. The third-order valence-corrected chi connectivity index (χ3v) is 4.24. The van der Waals surface area contributed by atoms with Crippen molar-refractivity contribution in [1.29, 1.82) is 0 Å². The zero-order valence-corrected chi connectivity index (χ0v) is 13.0. The Bertz CT molecular complexity index is 470. The van der Waals surface area contributed by atoms with Crippen molar-refractivity contribution in [3.63, 3.8) is 0 Å². The Morgan fingerprint density at radius 1 is 1.52 bits per heavy atom. The first-order valence-corrected chi connectivity index (χ1v) is 7.85. The number of nitrogens with zero attached hydrogens (tertiary/aromatic N) is 1. The summed E-state index contributed by atoms with van der Waals surface area (Å²) in [7, 11) is 0. The molecule has 118 valence electrons. The molecule has 1 aliphatic rings. The van der Waals surface area contributed by atoms with Crippen molar-refractivity contribution < 1.29 is 14.3 Å². The van der Waals surface area contributed by atoms with Crippen molar-refractivity contribution in [2.24, 2.45) is 0 Å². The van der Waals surface area contributed by atoms with E-state index in [0.717, 1.165) is 19.5 Å². The molecule has 1 saturated heterocycles. The van der Waals surface area contributed by atoms with E-state index in [-0.39, 0.29) is 5.56 Å². The van der Waals surface area contributed by atoms with Gasteiger partial charge in [-0.05, 0) is 58.8 Å². The molecular formula is C16H26N2O3. The van der Waals surface area contributed by atoms with Crippen molar-refractivity contribution in [2.45, 2.75) is 52.1 Å². The lowest BCUT2D eigenvalue weighted by Crippen LogP contribution is -2.38. The SMILES string of the molecule is Cc1oc(CNCCCN2CCCCC2C)cc1C(=O)O. The number of likely N-dealkylation sites (tertiary alicyclic amines) is 1. The van der Waals surface area contributed by atoms with Gasteiger partial charge in [0.25, 0.3) is 0 Å². The molecule has 5 heteroatoms. The molecular weight excluding hydrogens is 268 g/mol. The molecule has 0 aromatic carbocycles. The lowest BCUT2D eigenvalue weighted by atomic mass is 10.0. The van der Waals surface area contributed by atoms with Gasteiger partial charge in [-0.25, -0.2) is 4.79 Å². The minimum absolute atomic E-state index is 0.258. The monoisotopic (exact) mass is 294 g/mol. The summed E-state index contributed by atoms with van der Waals surface area (Å²) in [5.41, 5.74) is 0.258. The molecule has 1 aromatic heterocycles. The zero-order valence-electron chi connectivity index (χ0n) is 13.0. The number of furan rings is 1. The van der Waals surface area contributed by atoms with Crippen LogP contribution in [0.4, 0.5) is 0 Å². The van der Waals surface area contributed by atoms with E-state index in [2.05, 4.69) is 17.1 Å². The van der Waals surface area contributed by atoms with Gasteiger partial charge in [0.05, 0.1) is 6.54 Å². The van der Waals surface area contributed by atoms with Crippen LogP contribution in [0.25, 0.3) is 0 Å². The van der Waals surface area contributed by atoms with Gasteiger partial charge in [0, 0.05) is 6.04 Å². The fourth-order valence-corrected chi connectivity index (χ4v) is 2.95. The minimum Gasteiger partial charge on any atom is -0.478 e. The molecule has 0 amide bonds. The number of carboxylic acid groups (broad SMARTS) is 1. The average molecular weight is 294 g/mol. The predicted molar refractivity (Wildman–Crippen MR) is 81.6 cm³/mol. The number of rotatable bonds is 7. The highest BCUT2D eigenvalue weighted by molar-refractivity contribution is 5.88. The van der Waals surface area contributed by atoms with Crippen LogP contribution in [-0.2, 0) is 6.54 Å². The summed E-state index contributed by atoms with van der Waals surface area (Å²) in [4.78, 5) is 13.5. The van der Waals surface area contributed by atoms with Crippen LogP contribution < -0.4 is 5.32 Å². The molecule has 0 spiro atoms. The summed E-state index contributed by atoms with van der Waals surface area (Å²) in [5.74, 6) is 0.235. The van der Waals surface area contributed by atoms with Crippen LogP contribution >= 0.6 is 0 Å². The Morgan fingerprint density at radius 2 is 2.33 bits per heavy atom. The maximum absolute atomic E-state index is 10.9. The summed E-state index contributed by atoms with van der Waals surface area (Å²) in [6.45, 7) is 7.86. The highest BCUT2D eigenvalue weighted by atomic mass is 16.4. The number of hydrogen-bond acceptors (Lipinski definition) is 4. The zero-order chi connectivity index (χ0) is 15.2. The van der Waals surface area contributed by atoms with Gasteiger partial charge in [-0.2, -0.15) is 0 Å². The number of carboxylic acids is 1. The second-order valence-corrected chi connectivity index (χ2v) is 5.90. The van der Waals surface area contributed by atoms with Crippen LogP contribution in [0, 0.1) is 6.92 Å². The number of aromatic carboxylic acids is 1. The molecule has 2 N–H and O–H groups in total. The first-order valence-electron chi connectivity index (χ1n) is 7.85. The van der Waals surface area contributed by atoms with E-state index in [1.807, 2.05) is 0 Å². The molecule has 1 aromatic rings. The summed E-state index contributed by atoms with van der Waals surface area (Å²) in [5, 5.41) is 12.3. The van der Waals surface area contributed by atoms with Crippen LogP contribution in [0.5, 0.6) is 0 Å². The van der Waals surface area contributed by atoms with Crippen LogP contribution in [0.3, 0.4) is 0 Å². The third kappa shape index (κ3) is 4.58. The number of nitrogens with one attached hydrogen (secondary N) is 1. The lowest BCUT2D eigenvalue weighted by Gasteiger charge is -2.33. The minimum atomic E-state index is -0.929. The lowest BCUT2D eigenvalue weighted by molar-refractivity contribution is 0.0695. The topological polar surface area (TPSA) is 65.7 Å². The van der Waals surface area contributed by atoms with Gasteiger partial charge in [0.1, 0.15) is 17.1 Å². The highest BCUT2D eigenvalue weighted by Crippen LogP contribution is 2.16. The van der Waals surface area contributed by atoms with Gasteiger partial charge in [0.2, 0.25) is 0 Å². The van der Waals surface area contributed by atoms with Crippen molar-refractivity contribution in [1.82, 2.24) is 10.2 Å². The largest absolute Gasteiger partial charge is 0.478 e. The average Bonchev–Trinajstić information content (AvgIpc) is 2.82. The molecule has 1 atom stereocenters. The van der Waals surface area contributed by atoms with E-state index in [4.69, 9.17) is 9.52 Å². The van der Waals surface area contributed by atoms with Crippen molar-refractivity contribution >= 4 is 5.97 Å². The standard InChI is InChI=1S/C16H26N2O3/c1-12-6-3-4-8-18(12)9-5-7-17-11-14-10-15(16(19)20)13(2)21-14/h10,12,17H,3-9,11H2,1-2H3,(H,19,20). The molecule has 0 radical (unpaired) electrons. The van der Waals surface area contributed by atoms with Crippen molar-refractivity contribution in [3.05, 3.63) is 23.2 Å². The second-order valence-electron chi connectivity index (χ2n) is 5.90. The fraction of sp³-hybridized carbons (Fsp3) is 0.688. The Morgan fingerprint density at radius 3 is 3.00 bits per heavy atom. The maximum atomic E-state index is 10.9. The maximum Gasteiger partial charge on any atom is 0.339 e. The summed E-state index contributed by atoms with van der Waals surface area (Å²) < 4.78 is 5.44. The Balaban J connectivity index is 1.65. The van der Waals surface area contributed by atoms with Gasteiger partial charge < -0.3 is 19.7 Å². The van der Waals surface area contributed by atoms with Crippen LogP contribution in [0.1, 0.15) is 54.5 Å². The summed E-state index contributed by atoms with van der Waals surface area (Å²) >= 11 is 0. The Hall–Kier alpha value is -1.33. The van der Waals surface area contributed by atoms with Crippen LogP contribution in [0.2, 0.25) is 0 Å². The quantitative estimate of drug-likeness (QED) is 0.757. The third-order valence-electron chi connectivity index (χ3n) is 4.24. The van der Waals surface area contributed by atoms with Gasteiger partial charge >= 0.3 is 5.97 Å².